The average molecular weight is 587 g/mol. The first-order valence-corrected chi connectivity index (χ1v) is 15.6. The van der Waals surface area contributed by atoms with E-state index in [0.717, 1.165) is 75.1 Å². The van der Waals surface area contributed by atoms with E-state index in [0.29, 0.717) is 29.0 Å². The average Bonchev–Trinajstić information content (AvgIpc) is 3.56. The highest BCUT2D eigenvalue weighted by atomic mass is 35.5. The summed E-state index contributed by atoms with van der Waals surface area (Å²) in [6.45, 7) is 5.65. The number of piperidine rings is 1. The fourth-order valence-corrected chi connectivity index (χ4v) is 8.17. The Morgan fingerprint density at radius 2 is 1.69 bits per heavy atom. The molecule has 4 aliphatic rings. The molecule has 1 aromatic heterocycles. The molecule has 7 nitrogen and oxygen atoms in total. The summed E-state index contributed by atoms with van der Waals surface area (Å²) in [5, 5.41) is 16.8. The van der Waals surface area contributed by atoms with Gasteiger partial charge in [-0.05, 0) is 92.2 Å². The zero-order valence-electron chi connectivity index (χ0n) is 23.9. The Morgan fingerprint density at radius 1 is 0.952 bits per heavy atom. The van der Waals surface area contributed by atoms with Crippen molar-refractivity contribution >= 4 is 45.0 Å². The van der Waals surface area contributed by atoms with E-state index >= 15 is 4.39 Å². The van der Waals surface area contributed by atoms with Crippen LogP contribution in [0.15, 0.2) is 42.5 Å². The number of piperazine rings is 1. The normalized spacial score (nSPS) is 24.0. The Morgan fingerprint density at radius 3 is 2.48 bits per heavy atom. The van der Waals surface area contributed by atoms with Crippen LogP contribution < -0.4 is 15.1 Å². The van der Waals surface area contributed by atoms with Crippen LogP contribution in [0.1, 0.15) is 32.1 Å². The maximum Gasteiger partial charge on any atom is 0.228 e. The van der Waals surface area contributed by atoms with Gasteiger partial charge in [-0.2, -0.15) is 4.98 Å². The van der Waals surface area contributed by atoms with Gasteiger partial charge in [-0.3, -0.25) is 0 Å². The van der Waals surface area contributed by atoms with Gasteiger partial charge in [0.1, 0.15) is 17.1 Å². The van der Waals surface area contributed by atoms with E-state index in [2.05, 4.69) is 27.1 Å². The molecule has 4 fully saturated rings. The van der Waals surface area contributed by atoms with Crippen LogP contribution in [0.4, 0.5) is 16.2 Å². The minimum atomic E-state index is -0.468. The van der Waals surface area contributed by atoms with Gasteiger partial charge in [-0.15, -0.1) is 0 Å². The minimum Gasteiger partial charge on any atom is -0.508 e. The van der Waals surface area contributed by atoms with E-state index in [9.17, 15) is 5.11 Å². The van der Waals surface area contributed by atoms with Crippen LogP contribution in [-0.2, 0) is 0 Å². The zero-order chi connectivity index (χ0) is 28.6. The number of nitrogens with one attached hydrogen (secondary N) is 1. The fourth-order valence-electron chi connectivity index (χ4n) is 7.88. The van der Waals surface area contributed by atoms with Gasteiger partial charge in [0.15, 0.2) is 5.82 Å². The summed E-state index contributed by atoms with van der Waals surface area (Å²) in [7, 11) is 2.19. The molecule has 0 aliphatic carbocycles. The third kappa shape index (κ3) is 4.38. The van der Waals surface area contributed by atoms with Crippen LogP contribution in [-0.4, -0.2) is 78.4 Å². The van der Waals surface area contributed by atoms with E-state index < -0.39 is 5.82 Å². The number of phenolic OH excluding ortho intramolecular Hbond substituents is 1. The van der Waals surface area contributed by atoms with Crippen molar-refractivity contribution in [1.29, 1.82) is 0 Å². The Bertz CT molecular complexity index is 1690. The van der Waals surface area contributed by atoms with Gasteiger partial charge < -0.3 is 25.1 Å². The maximum absolute atomic E-state index is 16.9. The highest BCUT2D eigenvalue weighted by Crippen LogP contribution is 2.45. The molecule has 9 heteroatoms. The number of halogens is 2. The van der Waals surface area contributed by atoms with Gasteiger partial charge in [0.05, 0.1) is 5.02 Å². The summed E-state index contributed by atoms with van der Waals surface area (Å²) in [5.74, 6) is 0.975. The summed E-state index contributed by atoms with van der Waals surface area (Å²) >= 11 is 6.93. The SMILES string of the molecule is CN1CCC2(CC1)CCN(c1nc(N3CC4CCC(C3)N4)c3cc(Cl)c(-c4cc(O)cc5ccccc45)c(F)c3n1)C2. The van der Waals surface area contributed by atoms with Crippen LogP contribution >= 0.6 is 11.6 Å². The highest BCUT2D eigenvalue weighted by molar-refractivity contribution is 6.35. The first kappa shape index (κ1) is 26.4. The second-order valence-electron chi connectivity index (χ2n) is 13.0. The molecule has 0 amide bonds. The number of phenols is 1. The van der Waals surface area contributed by atoms with Gasteiger partial charge >= 0.3 is 0 Å². The quantitative estimate of drug-likeness (QED) is 0.314. The van der Waals surface area contributed by atoms with Gasteiger partial charge in [0.2, 0.25) is 5.95 Å². The zero-order valence-corrected chi connectivity index (χ0v) is 24.7. The van der Waals surface area contributed by atoms with Crippen molar-refractivity contribution in [2.75, 3.05) is 56.1 Å². The lowest BCUT2D eigenvalue weighted by atomic mass is 9.78. The van der Waals surface area contributed by atoms with E-state index in [1.165, 1.54) is 12.8 Å². The molecule has 2 atom stereocenters. The van der Waals surface area contributed by atoms with Gasteiger partial charge in [-0.1, -0.05) is 35.9 Å². The summed E-state index contributed by atoms with van der Waals surface area (Å²) < 4.78 is 16.9. The van der Waals surface area contributed by atoms with Crippen molar-refractivity contribution < 1.29 is 9.50 Å². The lowest BCUT2D eigenvalue weighted by molar-refractivity contribution is 0.142. The van der Waals surface area contributed by atoms with Crippen LogP contribution in [0, 0.1) is 11.2 Å². The van der Waals surface area contributed by atoms with Crippen LogP contribution in [0.3, 0.4) is 0 Å². The standard InChI is InChI=1S/C33H36ClFN6O/c1-39-11-8-33(9-12-39)10-13-40(19-33)32-37-30-26(31(38-32)41-17-21-6-7-22(18-41)36-21)16-27(34)28(29(30)35)25-15-23(42)14-20-4-2-3-5-24(20)25/h2-5,14-16,21-22,36,42H,6-13,17-19H2,1H3. The second kappa shape index (κ2) is 9.93. The molecule has 42 heavy (non-hydrogen) atoms. The Balaban J connectivity index is 1.29. The minimum absolute atomic E-state index is 0.0695. The topological polar surface area (TPSA) is 67.8 Å². The second-order valence-corrected chi connectivity index (χ2v) is 13.4. The van der Waals surface area contributed by atoms with Crippen molar-refractivity contribution in [3.8, 4) is 16.9 Å². The molecular weight excluding hydrogens is 551 g/mol. The Labute approximate surface area is 250 Å². The summed E-state index contributed by atoms with van der Waals surface area (Å²) in [6.07, 6.45) is 5.73. The molecule has 218 valence electrons. The number of hydrogen-bond donors (Lipinski definition) is 2. The van der Waals surface area contributed by atoms with Crippen molar-refractivity contribution in [2.24, 2.45) is 5.41 Å². The first-order valence-electron chi connectivity index (χ1n) is 15.2. The molecular formula is C33H36ClFN6O. The summed E-state index contributed by atoms with van der Waals surface area (Å²) in [4.78, 5) is 17.1. The number of aromatic hydroxyl groups is 1. The van der Waals surface area contributed by atoms with Crippen molar-refractivity contribution in [3.63, 3.8) is 0 Å². The molecule has 1 spiro atoms. The number of benzene rings is 3. The predicted octanol–water partition coefficient (Wildman–Crippen LogP) is 5.81. The molecule has 3 aromatic carbocycles. The molecule has 5 heterocycles. The van der Waals surface area contributed by atoms with E-state index in [1.807, 2.05) is 30.3 Å². The van der Waals surface area contributed by atoms with Crippen molar-refractivity contribution in [3.05, 3.63) is 53.3 Å². The number of nitrogens with zero attached hydrogens (tertiary/aromatic N) is 5. The van der Waals surface area contributed by atoms with Crippen molar-refractivity contribution in [1.82, 2.24) is 20.2 Å². The molecule has 2 bridgehead atoms. The van der Waals surface area contributed by atoms with Gasteiger partial charge in [0, 0.05) is 49.2 Å². The molecule has 0 saturated carbocycles. The molecule has 4 saturated heterocycles. The summed E-state index contributed by atoms with van der Waals surface area (Å²) in [6, 6.07) is 13.6. The number of anilines is 2. The molecule has 8 rings (SSSR count). The number of hydrogen-bond acceptors (Lipinski definition) is 7. The van der Waals surface area contributed by atoms with Gasteiger partial charge in [-0.25, -0.2) is 9.37 Å². The monoisotopic (exact) mass is 586 g/mol. The molecule has 2 N–H and O–H groups in total. The third-order valence-electron chi connectivity index (χ3n) is 10.3. The first-order chi connectivity index (χ1) is 20.4. The predicted molar refractivity (Wildman–Crippen MR) is 167 cm³/mol. The molecule has 2 unspecified atom stereocenters. The van der Waals surface area contributed by atoms with Crippen molar-refractivity contribution in [2.45, 2.75) is 44.2 Å². The number of fused-ring (bicyclic) bond motifs is 4. The van der Waals surface area contributed by atoms with Crippen LogP contribution in [0.25, 0.3) is 32.8 Å². The van der Waals surface area contributed by atoms with E-state index in [4.69, 9.17) is 21.6 Å². The number of rotatable bonds is 3. The van der Waals surface area contributed by atoms with Gasteiger partial charge in [0.25, 0.3) is 0 Å². The smallest absolute Gasteiger partial charge is 0.228 e. The number of aromatic nitrogens is 2. The fraction of sp³-hybridized carbons (Fsp3) is 0.455. The lowest BCUT2D eigenvalue weighted by Gasteiger charge is -2.37. The maximum atomic E-state index is 16.9. The summed E-state index contributed by atoms with van der Waals surface area (Å²) in [5.41, 5.74) is 1.38. The Kier molecular flexibility index (Phi) is 6.25. The molecule has 4 aromatic rings. The third-order valence-corrected chi connectivity index (χ3v) is 10.5. The van der Waals surface area contributed by atoms with Crippen LogP contribution in [0.2, 0.25) is 5.02 Å². The molecule has 4 aliphatic heterocycles. The number of likely N-dealkylation sites (tertiary alicyclic amines) is 1. The largest absolute Gasteiger partial charge is 0.508 e. The lowest BCUT2D eigenvalue weighted by Crippen LogP contribution is -2.51. The molecule has 0 radical (unpaired) electrons. The van der Waals surface area contributed by atoms with Crippen LogP contribution in [0.5, 0.6) is 5.75 Å². The highest BCUT2D eigenvalue weighted by Gasteiger charge is 2.41. The Hall–Kier alpha value is -3.20. The van der Waals surface area contributed by atoms with E-state index in [-0.39, 0.29) is 27.3 Å². The van der Waals surface area contributed by atoms with E-state index in [1.54, 1.807) is 12.1 Å².